The standard InChI is InChI=1S/C15H10BrClN4O3/c1-2-24-14(23)12-13(22)11-9(16)4-3-5-10(11)21(20-12)15-18-6-8(17)7-19-15/h3-7H,2H2,1H3. The summed E-state index contributed by atoms with van der Waals surface area (Å²) in [4.78, 5) is 32.9. The largest absolute Gasteiger partial charge is 0.461 e. The molecule has 0 spiro atoms. The number of benzene rings is 1. The highest BCUT2D eigenvalue weighted by atomic mass is 79.9. The maximum Gasteiger partial charge on any atom is 0.362 e. The van der Waals surface area contributed by atoms with Crippen LogP contribution in [0, 0.1) is 0 Å². The van der Waals surface area contributed by atoms with Crippen molar-refractivity contribution in [2.45, 2.75) is 6.92 Å². The molecule has 24 heavy (non-hydrogen) atoms. The Kier molecular flexibility index (Phi) is 4.59. The smallest absolute Gasteiger partial charge is 0.362 e. The summed E-state index contributed by atoms with van der Waals surface area (Å²) in [6.45, 7) is 1.78. The Bertz CT molecular complexity index is 988. The Hall–Kier alpha value is -2.32. The van der Waals surface area contributed by atoms with Crippen LogP contribution in [0.2, 0.25) is 5.02 Å². The molecule has 0 aliphatic carbocycles. The van der Waals surface area contributed by atoms with Gasteiger partial charge in [0.1, 0.15) is 0 Å². The molecule has 3 aromatic rings. The highest BCUT2D eigenvalue weighted by Gasteiger charge is 2.21. The van der Waals surface area contributed by atoms with Crippen molar-refractivity contribution in [3.8, 4) is 5.95 Å². The van der Waals surface area contributed by atoms with E-state index in [9.17, 15) is 9.59 Å². The first-order valence-corrected chi connectivity index (χ1v) is 8.06. The molecular formula is C15H10BrClN4O3. The number of ether oxygens (including phenoxy) is 1. The zero-order valence-electron chi connectivity index (χ0n) is 12.4. The number of hydrogen-bond acceptors (Lipinski definition) is 6. The van der Waals surface area contributed by atoms with Gasteiger partial charge in [0.15, 0.2) is 0 Å². The van der Waals surface area contributed by atoms with Gasteiger partial charge in [0.05, 0.1) is 34.9 Å². The van der Waals surface area contributed by atoms with E-state index in [2.05, 4.69) is 31.0 Å². The van der Waals surface area contributed by atoms with Gasteiger partial charge in [-0.2, -0.15) is 9.78 Å². The van der Waals surface area contributed by atoms with Crippen molar-refractivity contribution in [3.05, 3.63) is 56.0 Å². The summed E-state index contributed by atoms with van der Waals surface area (Å²) >= 11 is 9.14. The van der Waals surface area contributed by atoms with E-state index in [1.807, 2.05) is 0 Å². The maximum absolute atomic E-state index is 12.6. The topological polar surface area (TPSA) is 87.0 Å². The molecule has 0 fully saturated rings. The molecule has 1 aromatic carbocycles. The molecular weight excluding hydrogens is 400 g/mol. The van der Waals surface area contributed by atoms with Crippen LogP contribution in [0.4, 0.5) is 0 Å². The number of esters is 1. The van der Waals surface area contributed by atoms with E-state index in [1.54, 1.807) is 25.1 Å². The van der Waals surface area contributed by atoms with Gasteiger partial charge >= 0.3 is 5.97 Å². The van der Waals surface area contributed by atoms with E-state index >= 15 is 0 Å². The quantitative estimate of drug-likeness (QED) is 0.618. The Morgan fingerprint density at radius 1 is 1.33 bits per heavy atom. The Balaban J connectivity index is 2.37. The lowest BCUT2D eigenvalue weighted by atomic mass is 10.2. The predicted molar refractivity (Wildman–Crippen MR) is 91.6 cm³/mol. The molecule has 0 bridgehead atoms. The number of hydrogen-bond donors (Lipinski definition) is 0. The number of halogens is 2. The minimum absolute atomic E-state index is 0.130. The lowest BCUT2D eigenvalue weighted by molar-refractivity contribution is 0.0516. The molecule has 0 saturated carbocycles. The van der Waals surface area contributed by atoms with Crippen LogP contribution in [-0.2, 0) is 4.74 Å². The number of nitrogens with zero attached hydrogens (tertiary/aromatic N) is 4. The van der Waals surface area contributed by atoms with Crippen molar-refractivity contribution in [1.82, 2.24) is 19.7 Å². The van der Waals surface area contributed by atoms with Gasteiger partial charge in [0.25, 0.3) is 5.95 Å². The molecule has 0 aliphatic rings. The monoisotopic (exact) mass is 408 g/mol. The summed E-state index contributed by atoms with van der Waals surface area (Å²) in [5.41, 5.74) is -0.416. The van der Waals surface area contributed by atoms with Crippen molar-refractivity contribution >= 4 is 44.4 Å². The molecule has 0 aliphatic heterocycles. The van der Waals surface area contributed by atoms with Gasteiger partial charge < -0.3 is 4.74 Å². The normalized spacial score (nSPS) is 10.8. The van der Waals surface area contributed by atoms with Crippen molar-refractivity contribution in [1.29, 1.82) is 0 Å². The summed E-state index contributed by atoms with van der Waals surface area (Å²) in [5, 5.41) is 4.74. The molecule has 0 saturated heterocycles. The first kappa shape index (κ1) is 16.5. The zero-order valence-corrected chi connectivity index (χ0v) is 14.7. The molecule has 122 valence electrons. The van der Waals surface area contributed by atoms with Gasteiger partial charge in [-0.15, -0.1) is 0 Å². The average Bonchev–Trinajstić information content (AvgIpc) is 2.56. The number of carbonyl (C=O) groups is 1. The van der Waals surface area contributed by atoms with E-state index in [0.29, 0.717) is 15.0 Å². The molecule has 0 unspecified atom stereocenters. The van der Waals surface area contributed by atoms with E-state index in [4.69, 9.17) is 16.3 Å². The second kappa shape index (κ2) is 6.66. The second-order valence-corrected chi connectivity index (χ2v) is 5.94. The number of rotatable bonds is 3. The molecule has 9 heteroatoms. The lowest BCUT2D eigenvalue weighted by Crippen LogP contribution is -2.25. The zero-order chi connectivity index (χ0) is 17.3. The fourth-order valence-corrected chi connectivity index (χ4v) is 2.77. The van der Waals surface area contributed by atoms with E-state index in [0.717, 1.165) is 0 Å². The third-order valence-electron chi connectivity index (χ3n) is 3.13. The highest BCUT2D eigenvalue weighted by Crippen LogP contribution is 2.22. The fraction of sp³-hybridized carbons (Fsp3) is 0.133. The Morgan fingerprint density at radius 2 is 2.04 bits per heavy atom. The van der Waals surface area contributed by atoms with Crippen LogP contribution in [0.25, 0.3) is 16.9 Å². The van der Waals surface area contributed by atoms with Crippen LogP contribution in [0.1, 0.15) is 17.4 Å². The van der Waals surface area contributed by atoms with Gasteiger partial charge in [-0.05, 0) is 35.0 Å². The SMILES string of the molecule is CCOC(=O)c1nn(-c2ncc(Cl)cn2)c2cccc(Br)c2c1=O. The first-order chi connectivity index (χ1) is 11.5. The summed E-state index contributed by atoms with van der Waals surface area (Å²) in [6, 6.07) is 5.12. The van der Waals surface area contributed by atoms with Crippen LogP contribution < -0.4 is 5.43 Å². The van der Waals surface area contributed by atoms with E-state index < -0.39 is 11.4 Å². The predicted octanol–water partition coefficient (Wildman–Crippen LogP) is 2.77. The molecule has 0 atom stereocenters. The average molecular weight is 410 g/mol. The fourth-order valence-electron chi connectivity index (χ4n) is 2.13. The van der Waals surface area contributed by atoms with Crippen molar-refractivity contribution in [2.24, 2.45) is 0 Å². The van der Waals surface area contributed by atoms with Crippen LogP contribution >= 0.6 is 27.5 Å². The molecule has 0 radical (unpaired) electrons. The van der Waals surface area contributed by atoms with Crippen LogP contribution in [-0.4, -0.2) is 32.3 Å². The molecule has 7 nitrogen and oxygen atoms in total. The molecule has 2 aromatic heterocycles. The molecule has 0 N–H and O–H groups in total. The van der Waals surface area contributed by atoms with Crippen LogP contribution in [0.15, 0.2) is 39.9 Å². The summed E-state index contributed by atoms with van der Waals surface area (Å²) < 4.78 is 6.75. The minimum atomic E-state index is -0.803. The van der Waals surface area contributed by atoms with E-state index in [1.165, 1.54) is 17.1 Å². The third kappa shape index (κ3) is 2.90. The minimum Gasteiger partial charge on any atom is -0.461 e. The second-order valence-electron chi connectivity index (χ2n) is 4.65. The summed E-state index contributed by atoms with van der Waals surface area (Å²) in [6.07, 6.45) is 2.80. The van der Waals surface area contributed by atoms with Gasteiger partial charge in [0.2, 0.25) is 11.1 Å². The summed E-state index contributed by atoms with van der Waals surface area (Å²) in [5.74, 6) is -0.629. The lowest BCUT2D eigenvalue weighted by Gasteiger charge is -2.11. The maximum atomic E-state index is 12.6. The van der Waals surface area contributed by atoms with Crippen LogP contribution in [0.3, 0.4) is 0 Å². The van der Waals surface area contributed by atoms with Crippen molar-refractivity contribution in [3.63, 3.8) is 0 Å². The number of aromatic nitrogens is 4. The van der Waals surface area contributed by atoms with Gasteiger partial charge in [-0.3, -0.25) is 4.79 Å². The van der Waals surface area contributed by atoms with E-state index in [-0.39, 0.29) is 23.6 Å². The van der Waals surface area contributed by atoms with Crippen molar-refractivity contribution < 1.29 is 9.53 Å². The number of carbonyl (C=O) groups excluding carboxylic acids is 1. The van der Waals surface area contributed by atoms with Gasteiger partial charge in [-0.25, -0.2) is 14.8 Å². The van der Waals surface area contributed by atoms with Gasteiger partial charge in [0, 0.05) is 4.47 Å². The van der Waals surface area contributed by atoms with Crippen LogP contribution in [0.5, 0.6) is 0 Å². The molecule has 0 amide bonds. The van der Waals surface area contributed by atoms with Gasteiger partial charge in [-0.1, -0.05) is 17.7 Å². The molecule has 2 heterocycles. The Morgan fingerprint density at radius 3 is 2.71 bits per heavy atom. The van der Waals surface area contributed by atoms with Crippen molar-refractivity contribution in [2.75, 3.05) is 6.61 Å². The third-order valence-corrected chi connectivity index (χ3v) is 3.98. The summed E-state index contributed by atoms with van der Waals surface area (Å²) in [7, 11) is 0. The molecule has 3 rings (SSSR count). The number of fused-ring (bicyclic) bond motifs is 1. The highest BCUT2D eigenvalue weighted by molar-refractivity contribution is 9.10. The first-order valence-electron chi connectivity index (χ1n) is 6.89. The Labute approximate surface area is 149 Å².